The average Bonchev–Trinajstić information content (AvgIpc) is 2.70. The summed E-state index contributed by atoms with van der Waals surface area (Å²) in [5.41, 5.74) is 0. The Morgan fingerprint density at radius 2 is 2.46 bits per heavy atom. The van der Waals surface area contributed by atoms with E-state index in [0.717, 1.165) is 6.04 Å². The number of hydrogen-bond donors (Lipinski definition) is 0. The van der Waals surface area contributed by atoms with E-state index in [1.54, 1.807) is 4.88 Å². The molecule has 1 unspecified atom stereocenters. The Balaban J connectivity index is 2.11. The Hall–Kier alpha value is -0.340. The van der Waals surface area contributed by atoms with Gasteiger partial charge >= 0.3 is 0 Å². The number of thiophene rings is 1. The first-order valence-electron chi connectivity index (χ1n) is 5.19. The van der Waals surface area contributed by atoms with Crippen molar-refractivity contribution in [3.8, 4) is 0 Å². The summed E-state index contributed by atoms with van der Waals surface area (Å²) in [6.45, 7) is 4.76. The first kappa shape index (κ1) is 9.22. The second kappa shape index (κ2) is 4.25. The smallest absolute Gasteiger partial charge is 0.0441 e. The maximum absolute atomic E-state index is 2.61. The van der Waals surface area contributed by atoms with Gasteiger partial charge in [0.25, 0.3) is 0 Å². The Morgan fingerprint density at radius 1 is 1.54 bits per heavy atom. The highest BCUT2D eigenvalue weighted by molar-refractivity contribution is 7.10. The van der Waals surface area contributed by atoms with Gasteiger partial charge in [-0.25, -0.2) is 0 Å². The molecule has 13 heavy (non-hydrogen) atoms. The van der Waals surface area contributed by atoms with Crippen molar-refractivity contribution >= 4 is 11.3 Å². The summed E-state index contributed by atoms with van der Waals surface area (Å²) in [7, 11) is 0. The fraction of sp³-hybridized carbons (Fsp3) is 0.636. The first-order valence-corrected chi connectivity index (χ1v) is 6.07. The van der Waals surface area contributed by atoms with E-state index in [9.17, 15) is 0 Å². The lowest BCUT2D eigenvalue weighted by atomic mass is 10.0. The molecule has 1 aromatic heterocycles. The zero-order valence-electron chi connectivity index (χ0n) is 8.20. The molecule has 0 aromatic carbocycles. The van der Waals surface area contributed by atoms with Crippen LogP contribution in [0.3, 0.4) is 0 Å². The molecule has 2 heterocycles. The predicted octanol–water partition coefficient (Wildman–Crippen LogP) is 3.30. The summed E-state index contributed by atoms with van der Waals surface area (Å²) in [6, 6.07) is 5.17. The van der Waals surface area contributed by atoms with Gasteiger partial charge in [-0.2, -0.15) is 0 Å². The zero-order valence-corrected chi connectivity index (χ0v) is 9.02. The van der Waals surface area contributed by atoms with E-state index in [1.807, 2.05) is 11.3 Å². The molecule has 0 amide bonds. The molecule has 0 saturated carbocycles. The van der Waals surface area contributed by atoms with E-state index in [1.165, 1.54) is 32.4 Å². The lowest BCUT2D eigenvalue weighted by Crippen LogP contribution is -2.32. The first-order chi connectivity index (χ1) is 6.42. The third-order valence-electron chi connectivity index (χ3n) is 2.89. The van der Waals surface area contributed by atoms with Crippen LogP contribution in [-0.4, -0.2) is 18.0 Å². The highest BCUT2D eigenvalue weighted by Crippen LogP contribution is 2.32. The Kier molecular flexibility index (Phi) is 3.01. The minimum atomic E-state index is 0.721. The van der Waals surface area contributed by atoms with Crippen molar-refractivity contribution < 1.29 is 0 Å². The lowest BCUT2D eigenvalue weighted by molar-refractivity contribution is 0.160. The summed E-state index contributed by atoms with van der Waals surface area (Å²) in [5.74, 6) is 0. The number of likely N-dealkylation sites (tertiary alicyclic amines) is 1. The number of piperidine rings is 1. The van der Waals surface area contributed by atoms with Crippen molar-refractivity contribution in [3.63, 3.8) is 0 Å². The SMILES string of the molecule is CCN1CCCCC1c1cccs1. The van der Waals surface area contributed by atoms with Crippen LogP contribution >= 0.6 is 11.3 Å². The van der Waals surface area contributed by atoms with Crippen molar-refractivity contribution in [2.24, 2.45) is 0 Å². The molecular weight excluding hydrogens is 178 g/mol. The van der Waals surface area contributed by atoms with Gasteiger partial charge < -0.3 is 0 Å². The topological polar surface area (TPSA) is 3.24 Å². The summed E-state index contributed by atoms with van der Waals surface area (Å²) in [5, 5.41) is 2.19. The second-order valence-electron chi connectivity index (χ2n) is 3.66. The third-order valence-corrected chi connectivity index (χ3v) is 3.86. The molecule has 1 aliphatic rings. The number of hydrogen-bond acceptors (Lipinski definition) is 2. The standard InChI is InChI=1S/C11H17NS/c1-2-12-8-4-3-6-10(12)11-7-5-9-13-11/h5,7,9-10H,2-4,6,8H2,1H3. The van der Waals surface area contributed by atoms with Gasteiger partial charge in [-0.1, -0.05) is 19.4 Å². The minimum absolute atomic E-state index is 0.721. The van der Waals surface area contributed by atoms with Crippen molar-refractivity contribution in [2.75, 3.05) is 13.1 Å². The lowest BCUT2D eigenvalue weighted by Gasteiger charge is -2.34. The van der Waals surface area contributed by atoms with Crippen molar-refractivity contribution in [2.45, 2.75) is 32.2 Å². The van der Waals surface area contributed by atoms with Gasteiger partial charge in [-0.3, -0.25) is 4.90 Å². The molecule has 1 aromatic rings. The normalized spacial score (nSPS) is 24.8. The zero-order chi connectivity index (χ0) is 9.10. The van der Waals surface area contributed by atoms with E-state index in [4.69, 9.17) is 0 Å². The maximum atomic E-state index is 2.61. The Bertz CT molecular complexity index is 243. The van der Waals surface area contributed by atoms with Crippen LogP contribution < -0.4 is 0 Å². The summed E-state index contributed by atoms with van der Waals surface area (Å²) < 4.78 is 0. The molecule has 0 bridgehead atoms. The van der Waals surface area contributed by atoms with E-state index in [0.29, 0.717) is 0 Å². The molecule has 2 rings (SSSR count). The fourth-order valence-corrected chi connectivity index (χ4v) is 3.07. The summed E-state index contributed by atoms with van der Waals surface area (Å²) >= 11 is 1.91. The van der Waals surface area contributed by atoms with Crippen LogP contribution in [0.2, 0.25) is 0 Å². The molecule has 1 atom stereocenters. The third kappa shape index (κ3) is 1.94. The van der Waals surface area contributed by atoms with Gasteiger partial charge in [-0.15, -0.1) is 11.3 Å². The van der Waals surface area contributed by atoms with Gasteiger partial charge in [0.05, 0.1) is 0 Å². The van der Waals surface area contributed by atoms with Crippen LogP contribution in [0.25, 0.3) is 0 Å². The van der Waals surface area contributed by atoms with E-state index < -0.39 is 0 Å². The number of nitrogens with zero attached hydrogens (tertiary/aromatic N) is 1. The van der Waals surface area contributed by atoms with Crippen molar-refractivity contribution in [3.05, 3.63) is 22.4 Å². The molecule has 72 valence electrons. The van der Waals surface area contributed by atoms with Gasteiger partial charge in [0.1, 0.15) is 0 Å². The quantitative estimate of drug-likeness (QED) is 0.700. The molecule has 1 fully saturated rings. The average molecular weight is 195 g/mol. The van der Waals surface area contributed by atoms with Crippen LogP contribution in [0, 0.1) is 0 Å². The van der Waals surface area contributed by atoms with E-state index in [-0.39, 0.29) is 0 Å². The molecular formula is C11H17NS. The number of rotatable bonds is 2. The fourth-order valence-electron chi connectivity index (χ4n) is 2.17. The monoisotopic (exact) mass is 195 g/mol. The summed E-state index contributed by atoms with van der Waals surface area (Å²) in [4.78, 5) is 4.16. The molecule has 0 aliphatic carbocycles. The van der Waals surface area contributed by atoms with Crippen LogP contribution in [-0.2, 0) is 0 Å². The molecule has 1 nitrogen and oxygen atoms in total. The van der Waals surface area contributed by atoms with Crippen molar-refractivity contribution in [1.29, 1.82) is 0 Å². The van der Waals surface area contributed by atoms with Crippen molar-refractivity contribution in [1.82, 2.24) is 4.90 Å². The van der Waals surface area contributed by atoms with Crippen LogP contribution in [0.4, 0.5) is 0 Å². The predicted molar refractivity (Wildman–Crippen MR) is 58.2 cm³/mol. The van der Waals surface area contributed by atoms with Gasteiger partial charge in [0.2, 0.25) is 0 Å². The molecule has 0 radical (unpaired) electrons. The largest absolute Gasteiger partial charge is 0.296 e. The van der Waals surface area contributed by atoms with Crippen LogP contribution in [0.5, 0.6) is 0 Å². The molecule has 0 N–H and O–H groups in total. The van der Waals surface area contributed by atoms with Crippen LogP contribution in [0.1, 0.15) is 37.1 Å². The van der Waals surface area contributed by atoms with Gasteiger partial charge in [0.15, 0.2) is 0 Å². The highest BCUT2D eigenvalue weighted by Gasteiger charge is 2.22. The molecule has 0 spiro atoms. The van der Waals surface area contributed by atoms with Gasteiger partial charge in [0, 0.05) is 10.9 Å². The highest BCUT2D eigenvalue weighted by atomic mass is 32.1. The minimum Gasteiger partial charge on any atom is -0.296 e. The molecule has 2 heteroatoms. The Labute approximate surface area is 84.4 Å². The second-order valence-corrected chi connectivity index (χ2v) is 4.63. The maximum Gasteiger partial charge on any atom is 0.0441 e. The summed E-state index contributed by atoms with van der Waals surface area (Å²) in [6.07, 6.45) is 4.14. The van der Waals surface area contributed by atoms with E-state index >= 15 is 0 Å². The van der Waals surface area contributed by atoms with Gasteiger partial charge in [-0.05, 0) is 37.4 Å². The van der Waals surface area contributed by atoms with E-state index in [2.05, 4.69) is 29.3 Å². The Morgan fingerprint density at radius 3 is 3.15 bits per heavy atom. The molecule has 1 aliphatic heterocycles. The molecule has 1 saturated heterocycles. The van der Waals surface area contributed by atoms with Crippen LogP contribution in [0.15, 0.2) is 17.5 Å².